The Hall–Kier alpha value is -3.92. The SMILES string of the molecule is CN1CCN(C(=O)c2ccc3c(c2)CN(C(=O)c2cc4c(CN5CCCCC5=O)n[nH]c4cc2O)C3)CC1. The molecule has 10 heteroatoms. The van der Waals surface area contributed by atoms with E-state index >= 15 is 0 Å². The van der Waals surface area contributed by atoms with Crippen LogP contribution in [0.15, 0.2) is 30.3 Å². The maximum absolute atomic E-state index is 13.5. The molecule has 6 rings (SSSR count). The lowest BCUT2D eigenvalue weighted by Crippen LogP contribution is -2.47. The highest BCUT2D eigenvalue weighted by Crippen LogP contribution is 2.31. The number of likely N-dealkylation sites (tertiary alicyclic amines) is 1. The number of nitrogens with one attached hydrogen (secondary N) is 1. The molecular weight excluding hydrogens is 484 g/mol. The van der Waals surface area contributed by atoms with E-state index in [1.54, 1.807) is 15.9 Å². The molecule has 0 atom stereocenters. The van der Waals surface area contributed by atoms with E-state index in [4.69, 9.17) is 0 Å². The Labute approximate surface area is 220 Å². The van der Waals surface area contributed by atoms with Gasteiger partial charge in [0, 0.05) is 69.3 Å². The van der Waals surface area contributed by atoms with E-state index in [2.05, 4.69) is 22.1 Å². The molecule has 2 saturated heterocycles. The van der Waals surface area contributed by atoms with Gasteiger partial charge in [0.05, 0.1) is 23.3 Å². The minimum atomic E-state index is -0.284. The summed E-state index contributed by atoms with van der Waals surface area (Å²) in [5.41, 5.74) is 4.10. The molecule has 2 N–H and O–H groups in total. The van der Waals surface area contributed by atoms with Crippen LogP contribution in [0, 0.1) is 0 Å². The number of hydrogen-bond donors (Lipinski definition) is 2. The number of carbonyl (C=O) groups is 3. The number of phenolic OH excluding ortho intramolecular Hbond substituents is 1. The molecule has 0 unspecified atom stereocenters. The number of aromatic hydroxyl groups is 1. The number of aromatic nitrogens is 2. The van der Waals surface area contributed by atoms with Crippen molar-refractivity contribution in [2.75, 3.05) is 39.8 Å². The van der Waals surface area contributed by atoms with Gasteiger partial charge in [-0.15, -0.1) is 0 Å². The molecule has 1 aromatic heterocycles. The second kappa shape index (κ2) is 9.75. The number of rotatable bonds is 4. The number of likely N-dealkylation sites (N-methyl/N-ethyl adjacent to an activating group) is 1. The summed E-state index contributed by atoms with van der Waals surface area (Å²) < 4.78 is 0. The van der Waals surface area contributed by atoms with Crippen LogP contribution >= 0.6 is 0 Å². The summed E-state index contributed by atoms with van der Waals surface area (Å²) in [6.07, 6.45) is 2.43. The van der Waals surface area contributed by atoms with Gasteiger partial charge in [-0.1, -0.05) is 6.07 Å². The average molecular weight is 517 g/mol. The summed E-state index contributed by atoms with van der Waals surface area (Å²) in [6, 6.07) is 8.87. The van der Waals surface area contributed by atoms with Crippen LogP contribution in [0.1, 0.15) is 56.8 Å². The molecule has 0 saturated carbocycles. The Morgan fingerprint density at radius 2 is 1.74 bits per heavy atom. The van der Waals surface area contributed by atoms with E-state index in [1.165, 1.54) is 6.07 Å². The van der Waals surface area contributed by atoms with Crippen molar-refractivity contribution in [3.05, 3.63) is 58.3 Å². The van der Waals surface area contributed by atoms with Crippen molar-refractivity contribution >= 4 is 28.6 Å². The summed E-state index contributed by atoms with van der Waals surface area (Å²) in [7, 11) is 2.06. The largest absolute Gasteiger partial charge is 0.507 e. The minimum Gasteiger partial charge on any atom is -0.507 e. The van der Waals surface area contributed by atoms with Crippen molar-refractivity contribution in [2.24, 2.45) is 0 Å². The standard InChI is InChI=1S/C28H32N6O4/c1-31-8-10-32(11-9-31)27(37)18-5-6-19-15-34(16-20(19)12-18)28(38)22-13-21-23(14-25(22)35)29-30-24(21)17-33-7-3-2-4-26(33)36/h5-6,12-14,35H,2-4,7-11,15-17H2,1H3,(H,29,30). The second-order valence-electron chi connectivity index (χ2n) is 10.6. The van der Waals surface area contributed by atoms with Gasteiger partial charge in [-0.3, -0.25) is 19.5 Å². The molecule has 0 radical (unpaired) electrons. The highest BCUT2D eigenvalue weighted by Gasteiger charge is 2.29. The zero-order valence-corrected chi connectivity index (χ0v) is 21.6. The molecule has 3 aliphatic rings. The number of piperazine rings is 1. The topological polar surface area (TPSA) is 113 Å². The fourth-order valence-electron chi connectivity index (χ4n) is 5.64. The van der Waals surface area contributed by atoms with Gasteiger partial charge in [0.2, 0.25) is 5.91 Å². The summed E-state index contributed by atoms with van der Waals surface area (Å²) in [5, 5.41) is 18.7. The van der Waals surface area contributed by atoms with Crippen LogP contribution < -0.4 is 0 Å². The van der Waals surface area contributed by atoms with Gasteiger partial charge in [-0.05, 0) is 49.2 Å². The van der Waals surface area contributed by atoms with Gasteiger partial charge in [0.25, 0.3) is 11.8 Å². The van der Waals surface area contributed by atoms with Gasteiger partial charge in [-0.2, -0.15) is 5.10 Å². The monoisotopic (exact) mass is 516 g/mol. The van der Waals surface area contributed by atoms with Gasteiger partial charge in [0.1, 0.15) is 5.75 Å². The predicted octanol–water partition coefficient (Wildman–Crippen LogP) is 2.32. The maximum atomic E-state index is 13.5. The van der Waals surface area contributed by atoms with Gasteiger partial charge in [0.15, 0.2) is 0 Å². The van der Waals surface area contributed by atoms with Crippen LogP contribution in [0.4, 0.5) is 0 Å². The van der Waals surface area contributed by atoms with E-state index in [-0.39, 0.29) is 29.0 Å². The maximum Gasteiger partial charge on any atom is 0.258 e. The van der Waals surface area contributed by atoms with Crippen molar-refractivity contribution in [1.29, 1.82) is 0 Å². The van der Waals surface area contributed by atoms with E-state index in [9.17, 15) is 19.5 Å². The number of carbonyl (C=O) groups excluding carboxylic acids is 3. The molecule has 0 bridgehead atoms. The number of H-pyrrole nitrogens is 1. The highest BCUT2D eigenvalue weighted by atomic mass is 16.3. The van der Waals surface area contributed by atoms with E-state index in [1.807, 2.05) is 23.1 Å². The highest BCUT2D eigenvalue weighted by molar-refractivity contribution is 6.01. The third-order valence-corrected chi connectivity index (χ3v) is 8.00. The molecule has 38 heavy (non-hydrogen) atoms. The molecule has 0 aliphatic carbocycles. The molecule has 3 amide bonds. The zero-order chi connectivity index (χ0) is 26.4. The zero-order valence-electron chi connectivity index (χ0n) is 21.6. The summed E-state index contributed by atoms with van der Waals surface area (Å²) in [5.74, 6) is -0.265. The number of amides is 3. The second-order valence-corrected chi connectivity index (χ2v) is 10.6. The Morgan fingerprint density at radius 1 is 0.947 bits per heavy atom. The number of fused-ring (bicyclic) bond motifs is 2. The van der Waals surface area contributed by atoms with Crippen LogP contribution in [0.25, 0.3) is 10.9 Å². The lowest BCUT2D eigenvalue weighted by atomic mass is 10.1. The van der Waals surface area contributed by atoms with Crippen molar-refractivity contribution < 1.29 is 19.5 Å². The van der Waals surface area contributed by atoms with Crippen molar-refractivity contribution in [2.45, 2.75) is 38.9 Å². The number of aromatic amines is 1. The van der Waals surface area contributed by atoms with Crippen molar-refractivity contribution in [3.63, 3.8) is 0 Å². The fraction of sp³-hybridized carbons (Fsp3) is 0.429. The van der Waals surface area contributed by atoms with Crippen LogP contribution in [0.2, 0.25) is 0 Å². The first kappa shape index (κ1) is 24.4. The first-order chi connectivity index (χ1) is 18.4. The molecule has 3 aromatic rings. The summed E-state index contributed by atoms with van der Waals surface area (Å²) >= 11 is 0. The predicted molar refractivity (Wildman–Crippen MR) is 140 cm³/mol. The number of piperidine rings is 1. The van der Waals surface area contributed by atoms with E-state index in [0.29, 0.717) is 62.5 Å². The Bertz CT molecular complexity index is 1420. The molecule has 2 fully saturated rings. The van der Waals surface area contributed by atoms with Crippen molar-refractivity contribution in [3.8, 4) is 5.75 Å². The van der Waals surface area contributed by atoms with Crippen LogP contribution in [0.3, 0.4) is 0 Å². The first-order valence-corrected chi connectivity index (χ1v) is 13.2. The van der Waals surface area contributed by atoms with E-state index < -0.39 is 0 Å². The van der Waals surface area contributed by atoms with Gasteiger partial charge >= 0.3 is 0 Å². The third-order valence-electron chi connectivity index (χ3n) is 8.00. The lowest BCUT2D eigenvalue weighted by Gasteiger charge is -2.32. The number of phenols is 1. The molecule has 2 aromatic carbocycles. The molecule has 10 nitrogen and oxygen atoms in total. The molecule has 198 valence electrons. The fourth-order valence-corrected chi connectivity index (χ4v) is 5.64. The minimum absolute atomic E-state index is 0.0217. The molecule has 3 aliphatic heterocycles. The average Bonchev–Trinajstić information content (AvgIpc) is 3.52. The lowest BCUT2D eigenvalue weighted by molar-refractivity contribution is -0.133. The Kier molecular flexibility index (Phi) is 6.27. The number of nitrogens with zero attached hydrogens (tertiary/aromatic N) is 5. The van der Waals surface area contributed by atoms with Crippen LogP contribution in [0.5, 0.6) is 5.75 Å². The van der Waals surface area contributed by atoms with Gasteiger partial charge in [-0.25, -0.2) is 0 Å². The Balaban J connectivity index is 1.20. The van der Waals surface area contributed by atoms with Gasteiger partial charge < -0.3 is 24.7 Å². The first-order valence-electron chi connectivity index (χ1n) is 13.2. The van der Waals surface area contributed by atoms with Crippen LogP contribution in [-0.2, 0) is 24.4 Å². The normalized spacial score (nSPS) is 18.3. The number of hydrogen-bond acceptors (Lipinski definition) is 6. The quantitative estimate of drug-likeness (QED) is 0.550. The number of benzene rings is 2. The van der Waals surface area contributed by atoms with Crippen molar-refractivity contribution in [1.82, 2.24) is 29.8 Å². The summed E-state index contributed by atoms with van der Waals surface area (Å²) in [6.45, 7) is 4.99. The Morgan fingerprint density at radius 3 is 2.53 bits per heavy atom. The summed E-state index contributed by atoms with van der Waals surface area (Å²) in [4.78, 5) is 46.5. The molecule has 0 spiro atoms. The molecular formula is C28H32N6O4. The molecule has 4 heterocycles. The third kappa shape index (κ3) is 4.49. The van der Waals surface area contributed by atoms with E-state index in [0.717, 1.165) is 42.4 Å². The smallest absolute Gasteiger partial charge is 0.258 e. The van der Waals surface area contributed by atoms with Crippen LogP contribution in [-0.4, -0.2) is 92.4 Å².